The van der Waals surface area contributed by atoms with Crippen LogP contribution >= 0.6 is 11.3 Å². The zero-order chi connectivity index (χ0) is 20.4. The van der Waals surface area contributed by atoms with Gasteiger partial charge in [0, 0.05) is 18.7 Å². The van der Waals surface area contributed by atoms with E-state index in [2.05, 4.69) is 4.98 Å². The molecular formula is C21H19N3O3S2. The number of fused-ring (bicyclic) bond motifs is 1. The molecule has 0 aliphatic carbocycles. The first kappa shape index (κ1) is 19.6. The van der Waals surface area contributed by atoms with Crippen molar-refractivity contribution in [3.05, 3.63) is 59.1 Å². The van der Waals surface area contributed by atoms with E-state index < -0.39 is 10.0 Å². The van der Waals surface area contributed by atoms with E-state index in [0.717, 1.165) is 29.5 Å². The van der Waals surface area contributed by atoms with Crippen LogP contribution in [0.5, 0.6) is 0 Å². The summed E-state index contributed by atoms with van der Waals surface area (Å²) in [6, 6.07) is 15.5. The van der Waals surface area contributed by atoms with Crippen LogP contribution in [0.15, 0.2) is 53.4 Å². The number of aliphatic hydroxyl groups excluding tert-OH is 1. The Labute approximate surface area is 173 Å². The second kappa shape index (κ2) is 7.95. The molecule has 8 heteroatoms. The molecule has 6 nitrogen and oxygen atoms in total. The summed E-state index contributed by atoms with van der Waals surface area (Å²) in [7, 11) is -3.54. The molecule has 1 N–H and O–H groups in total. The van der Waals surface area contributed by atoms with E-state index in [-0.39, 0.29) is 16.2 Å². The van der Waals surface area contributed by atoms with E-state index in [1.165, 1.54) is 39.9 Å². The van der Waals surface area contributed by atoms with Gasteiger partial charge in [-0.2, -0.15) is 9.57 Å². The summed E-state index contributed by atoms with van der Waals surface area (Å²) in [5.41, 5.74) is 1.20. The third-order valence-electron chi connectivity index (χ3n) is 4.94. The molecule has 0 saturated carbocycles. The topological polar surface area (TPSA) is 94.3 Å². The first-order chi connectivity index (χ1) is 14.0. The zero-order valence-corrected chi connectivity index (χ0v) is 17.2. The molecule has 0 amide bonds. The number of aromatic nitrogens is 1. The summed E-state index contributed by atoms with van der Waals surface area (Å²) < 4.78 is 28.0. The van der Waals surface area contributed by atoms with E-state index >= 15 is 0 Å². The summed E-state index contributed by atoms with van der Waals surface area (Å²) in [4.78, 5) is 4.61. The maximum absolute atomic E-state index is 12.8. The molecule has 3 aromatic rings. The molecule has 4 rings (SSSR count). The van der Waals surface area contributed by atoms with Crippen LogP contribution in [-0.4, -0.2) is 35.9 Å². The summed E-state index contributed by atoms with van der Waals surface area (Å²) in [5, 5.41) is 20.7. The van der Waals surface area contributed by atoms with E-state index in [9.17, 15) is 18.8 Å². The van der Waals surface area contributed by atoms with Crippen LogP contribution in [0, 0.1) is 11.3 Å². The number of piperidine rings is 1. The second-order valence-electron chi connectivity index (χ2n) is 6.81. The molecule has 0 spiro atoms. The van der Waals surface area contributed by atoms with Gasteiger partial charge in [0.25, 0.3) is 0 Å². The average molecular weight is 426 g/mol. The molecule has 0 bridgehead atoms. The molecule has 1 aliphatic rings. The number of nitrogens with zero attached hydrogens (tertiary/aromatic N) is 3. The lowest BCUT2D eigenvalue weighted by Crippen LogP contribution is -2.35. The fraction of sp³-hybridized carbons (Fsp3) is 0.238. The van der Waals surface area contributed by atoms with Gasteiger partial charge < -0.3 is 5.11 Å². The number of thiazole rings is 1. The van der Waals surface area contributed by atoms with Gasteiger partial charge in [-0.3, -0.25) is 0 Å². The SMILES string of the molecule is N#C/C(=C(/O)c1ccc(S(=O)(=O)N2CCCCC2)cc1)c1nc2ccccc2s1. The normalized spacial score (nSPS) is 16.4. The lowest BCUT2D eigenvalue weighted by molar-refractivity contribution is 0.346. The van der Waals surface area contributed by atoms with Gasteiger partial charge in [-0.1, -0.05) is 18.6 Å². The summed E-state index contributed by atoms with van der Waals surface area (Å²) in [6.07, 6.45) is 2.79. The highest BCUT2D eigenvalue weighted by molar-refractivity contribution is 7.89. The van der Waals surface area contributed by atoms with E-state index in [1.807, 2.05) is 30.3 Å². The van der Waals surface area contributed by atoms with E-state index in [0.29, 0.717) is 23.7 Å². The Kier molecular flexibility index (Phi) is 5.37. The highest BCUT2D eigenvalue weighted by Crippen LogP contribution is 2.31. The second-order valence-corrected chi connectivity index (χ2v) is 9.78. The summed E-state index contributed by atoms with van der Waals surface area (Å²) in [6.45, 7) is 1.07. The predicted octanol–water partition coefficient (Wildman–Crippen LogP) is 4.42. The lowest BCUT2D eigenvalue weighted by Gasteiger charge is -2.25. The number of para-hydroxylation sites is 1. The van der Waals surface area contributed by atoms with Crippen LogP contribution in [-0.2, 0) is 10.0 Å². The molecule has 0 atom stereocenters. The maximum Gasteiger partial charge on any atom is 0.243 e. The number of hydrogen-bond acceptors (Lipinski definition) is 6. The highest BCUT2D eigenvalue weighted by atomic mass is 32.2. The molecule has 2 heterocycles. The largest absolute Gasteiger partial charge is 0.506 e. The van der Waals surface area contributed by atoms with Crippen molar-refractivity contribution in [2.24, 2.45) is 0 Å². The number of nitriles is 1. The van der Waals surface area contributed by atoms with Gasteiger partial charge in [-0.05, 0) is 49.2 Å². The van der Waals surface area contributed by atoms with Crippen molar-refractivity contribution in [3.63, 3.8) is 0 Å². The van der Waals surface area contributed by atoms with Crippen LogP contribution in [0.4, 0.5) is 0 Å². The number of benzene rings is 2. The van der Waals surface area contributed by atoms with Gasteiger partial charge in [-0.25, -0.2) is 13.4 Å². The Bertz CT molecular complexity index is 1180. The van der Waals surface area contributed by atoms with Gasteiger partial charge >= 0.3 is 0 Å². The van der Waals surface area contributed by atoms with Crippen molar-refractivity contribution in [2.75, 3.05) is 13.1 Å². The third-order valence-corrected chi connectivity index (χ3v) is 7.90. The minimum Gasteiger partial charge on any atom is -0.506 e. The van der Waals surface area contributed by atoms with Crippen molar-refractivity contribution in [1.82, 2.24) is 9.29 Å². The van der Waals surface area contributed by atoms with Crippen molar-refractivity contribution in [3.8, 4) is 6.07 Å². The monoisotopic (exact) mass is 425 g/mol. The van der Waals surface area contributed by atoms with Crippen molar-refractivity contribution < 1.29 is 13.5 Å². The molecule has 0 radical (unpaired) electrons. The maximum atomic E-state index is 12.8. The average Bonchev–Trinajstić information content (AvgIpc) is 3.18. The lowest BCUT2D eigenvalue weighted by atomic mass is 10.1. The summed E-state index contributed by atoms with van der Waals surface area (Å²) in [5.74, 6) is -0.214. The van der Waals surface area contributed by atoms with Gasteiger partial charge in [0.05, 0.1) is 15.1 Å². The minimum atomic E-state index is -3.54. The van der Waals surface area contributed by atoms with Crippen molar-refractivity contribution in [2.45, 2.75) is 24.2 Å². The quantitative estimate of drug-likeness (QED) is 0.493. The molecular weight excluding hydrogens is 406 g/mol. The molecule has 2 aromatic carbocycles. The number of hydrogen-bond donors (Lipinski definition) is 1. The Morgan fingerprint density at radius 3 is 2.41 bits per heavy atom. The molecule has 1 fully saturated rings. The standard InChI is InChI=1S/C21H19N3O3S2/c22-14-17(21-23-18-6-2-3-7-19(18)28-21)20(25)15-8-10-16(11-9-15)29(26,27)24-12-4-1-5-13-24/h2-3,6-11,25H,1,4-5,12-13H2/b20-17-. The van der Waals surface area contributed by atoms with Gasteiger partial charge in [0.1, 0.15) is 22.4 Å². The van der Waals surface area contributed by atoms with Crippen LogP contribution in [0.25, 0.3) is 21.5 Å². The van der Waals surface area contributed by atoms with Crippen LogP contribution < -0.4 is 0 Å². The van der Waals surface area contributed by atoms with Gasteiger partial charge in [0.2, 0.25) is 10.0 Å². The zero-order valence-electron chi connectivity index (χ0n) is 15.6. The van der Waals surface area contributed by atoms with Crippen molar-refractivity contribution in [1.29, 1.82) is 5.26 Å². The number of aliphatic hydroxyl groups is 1. The van der Waals surface area contributed by atoms with Crippen LogP contribution in [0.3, 0.4) is 0 Å². The third kappa shape index (κ3) is 3.77. The Hall–Kier alpha value is -2.73. The number of allylic oxidation sites excluding steroid dienone is 1. The van der Waals surface area contributed by atoms with Gasteiger partial charge in [-0.15, -0.1) is 11.3 Å². The van der Waals surface area contributed by atoms with Crippen LogP contribution in [0.2, 0.25) is 0 Å². The Morgan fingerprint density at radius 2 is 1.76 bits per heavy atom. The van der Waals surface area contributed by atoms with E-state index in [1.54, 1.807) is 0 Å². The Morgan fingerprint density at radius 1 is 1.07 bits per heavy atom. The first-order valence-corrected chi connectivity index (χ1v) is 11.6. The van der Waals surface area contributed by atoms with E-state index in [4.69, 9.17) is 0 Å². The highest BCUT2D eigenvalue weighted by Gasteiger charge is 2.26. The number of rotatable bonds is 4. The molecule has 1 aliphatic heterocycles. The number of sulfonamides is 1. The Balaban J connectivity index is 1.67. The molecule has 0 unspecified atom stereocenters. The molecule has 29 heavy (non-hydrogen) atoms. The molecule has 1 aromatic heterocycles. The first-order valence-electron chi connectivity index (χ1n) is 9.30. The fourth-order valence-corrected chi connectivity index (χ4v) is 5.84. The molecule has 148 valence electrons. The summed E-state index contributed by atoms with van der Waals surface area (Å²) >= 11 is 1.33. The smallest absolute Gasteiger partial charge is 0.243 e. The van der Waals surface area contributed by atoms with Crippen molar-refractivity contribution >= 4 is 42.9 Å². The minimum absolute atomic E-state index is 0.0674. The van der Waals surface area contributed by atoms with Gasteiger partial charge in [0.15, 0.2) is 0 Å². The predicted molar refractivity (Wildman–Crippen MR) is 114 cm³/mol. The van der Waals surface area contributed by atoms with Crippen LogP contribution in [0.1, 0.15) is 29.8 Å². The molecule has 1 saturated heterocycles. The fourth-order valence-electron chi connectivity index (χ4n) is 3.36.